The molecular formula is C17H20N2. The number of fused-ring (bicyclic) bond motifs is 1. The van der Waals surface area contributed by atoms with Gasteiger partial charge < -0.3 is 5.32 Å². The van der Waals surface area contributed by atoms with Crippen molar-refractivity contribution >= 4 is 5.69 Å². The average Bonchev–Trinajstić information content (AvgIpc) is 2.42. The van der Waals surface area contributed by atoms with Crippen molar-refractivity contribution in [3.63, 3.8) is 0 Å². The van der Waals surface area contributed by atoms with Crippen molar-refractivity contribution in [3.05, 3.63) is 58.9 Å². The first-order valence-electron chi connectivity index (χ1n) is 7.01. The Morgan fingerprint density at radius 2 is 2.11 bits per heavy atom. The summed E-state index contributed by atoms with van der Waals surface area (Å²) < 4.78 is 0. The van der Waals surface area contributed by atoms with Crippen LogP contribution in [-0.4, -0.2) is 4.98 Å². The molecular weight excluding hydrogens is 232 g/mol. The van der Waals surface area contributed by atoms with E-state index in [-0.39, 0.29) is 0 Å². The van der Waals surface area contributed by atoms with E-state index < -0.39 is 0 Å². The molecule has 1 aliphatic carbocycles. The van der Waals surface area contributed by atoms with Gasteiger partial charge in [0, 0.05) is 11.9 Å². The van der Waals surface area contributed by atoms with Gasteiger partial charge in [0.05, 0.1) is 11.7 Å². The first-order valence-corrected chi connectivity index (χ1v) is 7.01. The maximum Gasteiger partial charge on any atom is 0.0688 e. The third-order valence-corrected chi connectivity index (χ3v) is 3.91. The van der Waals surface area contributed by atoms with Gasteiger partial charge in [0.25, 0.3) is 0 Å². The van der Waals surface area contributed by atoms with Crippen molar-refractivity contribution in [2.45, 2.75) is 39.2 Å². The monoisotopic (exact) mass is 252 g/mol. The van der Waals surface area contributed by atoms with Gasteiger partial charge in [0.15, 0.2) is 0 Å². The average molecular weight is 252 g/mol. The number of anilines is 1. The minimum Gasteiger partial charge on any atom is -0.376 e. The predicted molar refractivity (Wildman–Crippen MR) is 79.5 cm³/mol. The highest BCUT2D eigenvalue weighted by atomic mass is 15.0. The second-order valence-corrected chi connectivity index (χ2v) is 5.46. The lowest BCUT2D eigenvalue weighted by atomic mass is 9.91. The summed E-state index contributed by atoms with van der Waals surface area (Å²) in [5.74, 6) is 0. The fourth-order valence-corrected chi connectivity index (χ4v) is 2.91. The summed E-state index contributed by atoms with van der Waals surface area (Å²) in [5, 5.41) is 3.67. The molecule has 0 bridgehead atoms. The van der Waals surface area contributed by atoms with Gasteiger partial charge in [-0.2, -0.15) is 0 Å². The lowest BCUT2D eigenvalue weighted by molar-refractivity contribution is 0.583. The van der Waals surface area contributed by atoms with Crippen LogP contribution in [0.3, 0.4) is 0 Å². The molecule has 2 heteroatoms. The topological polar surface area (TPSA) is 24.9 Å². The summed E-state index contributed by atoms with van der Waals surface area (Å²) in [6.07, 6.45) is 5.47. The van der Waals surface area contributed by atoms with E-state index in [4.69, 9.17) is 0 Å². The number of nitrogens with zero attached hydrogens (tertiary/aromatic N) is 1. The molecule has 2 nitrogen and oxygen atoms in total. The lowest BCUT2D eigenvalue weighted by Gasteiger charge is -2.26. The molecule has 1 aromatic carbocycles. The Balaban J connectivity index is 1.88. The van der Waals surface area contributed by atoms with Crippen LogP contribution in [0.2, 0.25) is 0 Å². The highest BCUT2D eigenvalue weighted by Crippen LogP contribution is 2.31. The van der Waals surface area contributed by atoms with Gasteiger partial charge in [-0.25, -0.2) is 0 Å². The summed E-state index contributed by atoms with van der Waals surface area (Å²) in [4.78, 5) is 4.58. The minimum atomic E-state index is 0.353. The van der Waals surface area contributed by atoms with Gasteiger partial charge in [0.2, 0.25) is 0 Å². The van der Waals surface area contributed by atoms with Gasteiger partial charge >= 0.3 is 0 Å². The fourth-order valence-electron chi connectivity index (χ4n) is 2.91. The van der Waals surface area contributed by atoms with Crippen LogP contribution in [0.5, 0.6) is 0 Å². The number of nitrogens with one attached hydrogen (secondary N) is 1. The largest absolute Gasteiger partial charge is 0.376 e. The van der Waals surface area contributed by atoms with Crippen molar-refractivity contribution in [3.8, 4) is 0 Å². The van der Waals surface area contributed by atoms with Gasteiger partial charge in [-0.1, -0.05) is 23.8 Å². The summed E-state index contributed by atoms with van der Waals surface area (Å²) in [6, 6.07) is 11.2. The number of aromatic nitrogens is 1. The standard InChI is InChI=1S/C17H20N2/c1-12-8-9-15(13(2)11-12)19-16-7-3-5-14-6-4-10-18-17(14)16/h4,6,8-11,16,19H,3,5,7H2,1-2H3. The SMILES string of the molecule is Cc1ccc(NC2CCCc3cccnc32)c(C)c1. The van der Waals surface area contributed by atoms with Crippen LogP contribution < -0.4 is 5.32 Å². The summed E-state index contributed by atoms with van der Waals surface area (Å²) in [5.41, 5.74) is 6.48. The van der Waals surface area contributed by atoms with Crippen LogP contribution in [0.4, 0.5) is 5.69 Å². The van der Waals surface area contributed by atoms with E-state index in [0.717, 1.165) is 12.8 Å². The second-order valence-electron chi connectivity index (χ2n) is 5.46. The quantitative estimate of drug-likeness (QED) is 0.867. The van der Waals surface area contributed by atoms with Crippen LogP contribution >= 0.6 is 0 Å². The Morgan fingerprint density at radius 1 is 1.21 bits per heavy atom. The Morgan fingerprint density at radius 3 is 2.95 bits per heavy atom. The summed E-state index contributed by atoms with van der Waals surface area (Å²) in [7, 11) is 0. The molecule has 0 saturated carbocycles. The van der Waals surface area contributed by atoms with Crippen LogP contribution in [-0.2, 0) is 6.42 Å². The first-order chi connectivity index (χ1) is 9.24. The molecule has 3 rings (SSSR count). The Hall–Kier alpha value is -1.83. The molecule has 0 radical (unpaired) electrons. The summed E-state index contributed by atoms with van der Waals surface area (Å²) in [6.45, 7) is 4.30. The van der Waals surface area contributed by atoms with Crippen molar-refractivity contribution in [1.82, 2.24) is 4.98 Å². The zero-order valence-electron chi connectivity index (χ0n) is 11.6. The Bertz CT molecular complexity index is 590. The summed E-state index contributed by atoms with van der Waals surface area (Å²) >= 11 is 0. The van der Waals surface area contributed by atoms with Crippen LogP contribution in [0.1, 0.15) is 41.3 Å². The van der Waals surface area contributed by atoms with Crippen molar-refractivity contribution < 1.29 is 0 Å². The molecule has 19 heavy (non-hydrogen) atoms. The molecule has 1 N–H and O–H groups in total. The third-order valence-electron chi connectivity index (χ3n) is 3.91. The molecule has 1 heterocycles. The molecule has 1 atom stereocenters. The van der Waals surface area contributed by atoms with E-state index >= 15 is 0 Å². The minimum absolute atomic E-state index is 0.353. The normalized spacial score (nSPS) is 17.9. The molecule has 2 aromatic rings. The molecule has 0 fully saturated rings. The smallest absolute Gasteiger partial charge is 0.0688 e. The second kappa shape index (κ2) is 5.04. The van der Waals surface area contributed by atoms with Gasteiger partial charge in [-0.05, 0) is 56.4 Å². The Labute approximate surface area is 114 Å². The van der Waals surface area contributed by atoms with E-state index in [1.807, 2.05) is 12.3 Å². The Kier molecular flexibility index (Phi) is 3.24. The van der Waals surface area contributed by atoms with Crippen LogP contribution in [0, 0.1) is 13.8 Å². The number of benzene rings is 1. The molecule has 1 aromatic heterocycles. The van der Waals surface area contributed by atoms with Crippen LogP contribution in [0.15, 0.2) is 36.5 Å². The predicted octanol–water partition coefficient (Wildman–Crippen LogP) is 4.19. The van der Waals surface area contributed by atoms with E-state index in [9.17, 15) is 0 Å². The lowest BCUT2D eigenvalue weighted by Crippen LogP contribution is -2.19. The maximum atomic E-state index is 4.58. The van der Waals surface area contributed by atoms with E-state index in [0.29, 0.717) is 6.04 Å². The van der Waals surface area contributed by atoms with Crippen molar-refractivity contribution in [1.29, 1.82) is 0 Å². The number of aryl methyl sites for hydroxylation is 3. The number of rotatable bonds is 2. The van der Waals surface area contributed by atoms with Gasteiger partial charge in [-0.15, -0.1) is 0 Å². The molecule has 0 spiro atoms. The van der Waals surface area contributed by atoms with Crippen LogP contribution in [0.25, 0.3) is 0 Å². The molecule has 0 aliphatic heterocycles. The zero-order valence-corrected chi connectivity index (χ0v) is 11.6. The van der Waals surface area contributed by atoms with E-state index in [1.165, 1.54) is 34.5 Å². The van der Waals surface area contributed by atoms with Crippen molar-refractivity contribution in [2.75, 3.05) is 5.32 Å². The highest BCUT2D eigenvalue weighted by molar-refractivity contribution is 5.53. The molecule has 0 saturated heterocycles. The van der Waals surface area contributed by atoms with Crippen molar-refractivity contribution in [2.24, 2.45) is 0 Å². The van der Waals surface area contributed by atoms with E-state index in [1.54, 1.807) is 0 Å². The highest BCUT2D eigenvalue weighted by Gasteiger charge is 2.21. The molecule has 0 amide bonds. The first kappa shape index (κ1) is 12.2. The molecule has 1 unspecified atom stereocenters. The van der Waals surface area contributed by atoms with E-state index in [2.05, 4.69) is 48.4 Å². The maximum absolute atomic E-state index is 4.58. The molecule has 98 valence electrons. The number of hydrogen-bond acceptors (Lipinski definition) is 2. The number of hydrogen-bond donors (Lipinski definition) is 1. The van der Waals surface area contributed by atoms with Gasteiger partial charge in [-0.3, -0.25) is 4.98 Å². The van der Waals surface area contributed by atoms with Gasteiger partial charge in [0.1, 0.15) is 0 Å². The number of pyridine rings is 1. The zero-order chi connectivity index (χ0) is 13.2. The fraction of sp³-hybridized carbons (Fsp3) is 0.353. The molecule has 1 aliphatic rings. The third kappa shape index (κ3) is 2.48.